The molecule has 1 aromatic carbocycles. The highest BCUT2D eigenvalue weighted by Gasteiger charge is 2.20. The minimum absolute atomic E-state index is 0.0229. The van der Waals surface area contributed by atoms with Crippen LogP contribution in [0.4, 0.5) is 0 Å². The van der Waals surface area contributed by atoms with E-state index in [1.165, 1.54) is 25.1 Å². The summed E-state index contributed by atoms with van der Waals surface area (Å²) in [5, 5.41) is 9.00. The van der Waals surface area contributed by atoms with Crippen molar-refractivity contribution in [3.8, 4) is 0 Å². The molecule has 0 aliphatic rings. The molecule has 106 valence electrons. The molecular formula is C13H19NO4S. The maximum Gasteiger partial charge on any atom is 0.335 e. The Morgan fingerprint density at radius 3 is 2.47 bits per heavy atom. The lowest BCUT2D eigenvalue weighted by molar-refractivity contribution is 0.0696. The first-order chi connectivity index (χ1) is 8.75. The van der Waals surface area contributed by atoms with Gasteiger partial charge in [0.2, 0.25) is 0 Å². The number of hydrogen-bond donors (Lipinski definition) is 1. The van der Waals surface area contributed by atoms with Crippen LogP contribution in [-0.4, -0.2) is 50.8 Å². The smallest absolute Gasteiger partial charge is 0.335 e. The molecule has 0 spiro atoms. The number of aromatic carboxylic acids is 1. The fourth-order valence-corrected chi connectivity index (χ4v) is 3.46. The number of sulfone groups is 1. The molecule has 6 heteroatoms. The van der Waals surface area contributed by atoms with Crippen LogP contribution >= 0.6 is 0 Å². The van der Waals surface area contributed by atoms with Crippen molar-refractivity contribution in [3.63, 3.8) is 0 Å². The zero-order chi connectivity index (χ0) is 14.6. The summed E-state index contributed by atoms with van der Waals surface area (Å²) in [6, 6.07) is 4.35. The van der Waals surface area contributed by atoms with E-state index < -0.39 is 15.8 Å². The second-order valence-electron chi connectivity index (χ2n) is 4.71. The van der Waals surface area contributed by atoms with Crippen LogP contribution in [-0.2, 0) is 9.84 Å². The number of nitrogens with zero attached hydrogens (tertiary/aromatic N) is 1. The van der Waals surface area contributed by atoms with Gasteiger partial charge in [-0.3, -0.25) is 0 Å². The maximum atomic E-state index is 12.2. The van der Waals surface area contributed by atoms with Gasteiger partial charge in [0.05, 0.1) is 16.2 Å². The van der Waals surface area contributed by atoms with Gasteiger partial charge in [-0.25, -0.2) is 13.2 Å². The molecule has 0 aromatic heterocycles. The fourth-order valence-electron chi connectivity index (χ4n) is 1.86. The third-order valence-corrected chi connectivity index (χ3v) is 4.81. The monoisotopic (exact) mass is 285 g/mol. The largest absolute Gasteiger partial charge is 0.478 e. The molecule has 1 N–H and O–H groups in total. The standard InChI is InChI=1S/C13H19NO4S/c1-10-11(13(15)16)6-4-7-12(10)19(17,18)9-5-8-14(2)3/h4,6-7H,5,8-9H2,1-3H3,(H,15,16). The SMILES string of the molecule is Cc1c(C(=O)O)cccc1S(=O)(=O)CCCN(C)C. The Kier molecular flexibility index (Phi) is 5.08. The van der Waals surface area contributed by atoms with Crippen molar-refractivity contribution >= 4 is 15.8 Å². The van der Waals surface area contributed by atoms with E-state index in [1.54, 1.807) is 0 Å². The van der Waals surface area contributed by atoms with Crippen molar-refractivity contribution in [2.24, 2.45) is 0 Å². The van der Waals surface area contributed by atoms with Crippen LogP contribution in [0.1, 0.15) is 22.3 Å². The van der Waals surface area contributed by atoms with E-state index in [-0.39, 0.29) is 16.2 Å². The highest BCUT2D eigenvalue weighted by Crippen LogP contribution is 2.20. The summed E-state index contributed by atoms with van der Waals surface area (Å²) < 4.78 is 24.4. The first-order valence-corrected chi connectivity index (χ1v) is 7.61. The molecule has 19 heavy (non-hydrogen) atoms. The molecule has 1 aromatic rings. The Bertz CT molecular complexity index is 564. The van der Waals surface area contributed by atoms with Crippen molar-refractivity contribution in [2.75, 3.05) is 26.4 Å². The fraction of sp³-hybridized carbons (Fsp3) is 0.462. The average molecular weight is 285 g/mol. The molecular weight excluding hydrogens is 266 g/mol. The maximum absolute atomic E-state index is 12.2. The van der Waals surface area contributed by atoms with Gasteiger partial charge in [0.15, 0.2) is 9.84 Å². The van der Waals surface area contributed by atoms with Crippen LogP contribution in [0.5, 0.6) is 0 Å². The van der Waals surface area contributed by atoms with Gasteiger partial charge in [0.25, 0.3) is 0 Å². The Hall–Kier alpha value is -1.40. The summed E-state index contributed by atoms with van der Waals surface area (Å²) in [7, 11) is 0.323. The van der Waals surface area contributed by atoms with Gasteiger partial charge in [-0.15, -0.1) is 0 Å². The summed E-state index contributed by atoms with van der Waals surface area (Å²) in [4.78, 5) is 13.0. The molecule has 0 unspecified atom stereocenters. The van der Waals surface area contributed by atoms with E-state index in [1.807, 2.05) is 19.0 Å². The van der Waals surface area contributed by atoms with Crippen LogP contribution < -0.4 is 0 Å². The zero-order valence-electron chi connectivity index (χ0n) is 11.4. The zero-order valence-corrected chi connectivity index (χ0v) is 12.2. The summed E-state index contributed by atoms with van der Waals surface area (Å²) in [5.41, 5.74) is 0.341. The molecule has 0 saturated carbocycles. The van der Waals surface area contributed by atoms with Crippen molar-refractivity contribution in [3.05, 3.63) is 29.3 Å². The third-order valence-electron chi connectivity index (χ3n) is 2.87. The Labute approximate surface area is 113 Å². The minimum atomic E-state index is -3.43. The molecule has 0 radical (unpaired) electrons. The average Bonchev–Trinajstić information content (AvgIpc) is 2.27. The predicted molar refractivity (Wildman–Crippen MR) is 73.4 cm³/mol. The van der Waals surface area contributed by atoms with Gasteiger partial charge >= 0.3 is 5.97 Å². The molecule has 0 fully saturated rings. The van der Waals surface area contributed by atoms with E-state index in [9.17, 15) is 13.2 Å². The second-order valence-corrected chi connectivity index (χ2v) is 6.79. The summed E-state index contributed by atoms with van der Waals surface area (Å²) in [6.07, 6.45) is 0.520. The molecule has 0 aliphatic carbocycles. The summed E-state index contributed by atoms with van der Waals surface area (Å²) in [5.74, 6) is -1.09. The van der Waals surface area contributed by atoms with Crippen molar-refractivity contribution in [1.29, 1.82) is 0 Å². The molecule has 0 amide bonds. The molecule has 0 saturated heterocycles. The second kappa shape index (κ2) is 6.16. The van der Waals surface area contributed by atoms with Gasteiger partial charge < -0.3 is 10.0 Å². The summed E-state index contributed by atoms with van der Waals surface area (Å²) >= 11 is 0. The van der Waals surface area contributed by atoms with E-state index in [0.29, 0.717) is 18.5 Å². The number of carboxylic acids is 1. The van der Waals surface area contributed by atoms with Crippen LogP contribution in [0, 0.1) is 6.92 Å². The molecule has 1 rings (SSSR count). The molecule has 0 bridgehead atoms. The van der Waals surface area contributed by atoms with Gasteiger partial charge in [-0.2, -0.15) is 0 Å². The Morgan fingerprint density at radius 1 is 1.32 bits per heavy atom. The van der Waals surface area contributed by atoms with E-state index in [0.717, 1.165) is 0 Å². The van der Waals surface area contributed by atoms with Crippen LogP contribution in [0.25, 0.3) is 0 Å². The Morgan fingerprint density at radius 2 is 1.95 bits per heavy atom. The molecule has 0 aliphatic heterocycles. The van der Waals surface area contributed by atoms with Gasteiger partial charge in [-0.1, -0.05) is 6.07 Å². The van der Waals surface area contributed by atoms with E-state index in [2.05, 4.69) is 0 Å². The lowest BCUT2D eigenvalue weighted by Gasteiger charge is -2.12. The van der Waals surface area contributed by atoms with Gasteiger partial charge in [0, 0.05) is 0 Å². The number of benzene rings is 1. The molecule has 5 nitrogen and oxygen atoms in total. The topological polar surface area (TPSA) is 74.7 Å². The number of carbonyl (C=O) groups is 1. The highest BCUT2D eigenvalue weighted by molar-refractivity contribution is 7.91. The van der Waals surface area contributed by atoms with Crippen molar-refractivity contribution in [1.82, 2.24) is 4.90 Å². The highest BCUT2D eigenvalue weighted by atomic mass is 32.2. The number of hydrogen-bond acceptors (Lipinski definition) is 4. The number of carboxylic acid groups (broad SMARTS) is 1. The third kappa shape index (κ3) is 4.04. The van der Waals surface area contributed by atoms with Crippen molar-refractivity contribution < 1.29 is 18.3 Å². The van der Waals surface area contributed by atoms with Crippen LogP contribution in [0.2, 0.25) is 0 Å². The van der Waals surface area contributed by atoms with E-state index in [4.69, 9.17) is 5.11 Å². The lowest BCUT2D eigenvalue weighted by atomic mass is 10.1. The molecule has 0 heterocycles. The normalized spacial score (nSPS) is 11.8. The predicted octanol–water partition coefficient (Wildman–Crippen LogP) is 1.42. The van der Waals surface area contributed by atoms with Crippen LogP contribution in [0.3, 0.4) is 0 Å². The van der Waals surface area contributed by atoms with E-state index >= 15 is 0 Å². The van der Waals surface area contributed by atoms with Crippen molar-refractivity contribution in [2.45, 2.75) is 18.2 Å². The minimum Gasteiger partial charge on any atom is -0.478 e. The number of rotatable bonds is 6. The molecule has 0 atom stereocenters. The van der Waals surface area contributed by atoms with Gasteiger partial charge in [-0.05, 0) is 51.7 Å². The first kappa shape index (κ1) is 15.7. The summed E-state index contributed by atoms with van der Waals surface area (Å²) in [6.45, 7) is 2.21. The Balaban J connectivity index is 3.02. The van der Waals surface area contributed by atoms with Gasteiger partial charge in [0.1, 0.15) is 0 Å². The van der Waals surface area contributed by atoms with Crippen LogP contribution in [0.15, 0.2) is 23.1 Å². The quantitative estimate of drug-likeness (QED) is 0.855. The first-order valence-electron chi connectivity index (χ1n) is 5.96. The lowest BCUT2D eigenvalue weighted by Crippen LogP contribution is -2.18.